The van der Waals surface area contributed by atoms with Crippen molar-refractivity contribution >= 4 is 23.9 Å². The first-order valence-corrected chi connectivity index (χ1v) is 17.1. The van der Waals surface area contributed by atoms with Gasteiger partial charge in [0.2, 0.25) is 0 Å². The fourth-order valence-electron chi connectivity index (χ4n) is 4.73. The van der Waals surface area contributed by atoms with Gasteiger partial charge in [0.25, 0.3) is 0 Å². The Morgan fingerprint density at radius 3 is 1.10 bits per heavy atom. The van der Waals surface area contributed by atoms with Gasteiger partial charge in [-0.1, -0.05) is 0 Å². The van der Waals surface area contributed by atoms with Crippen LogP contribution in [-0.2, 0) is 51.2 Å². The van der Waals surface area contributed by atoms with E-state index in [2.05, 4.69) is 20.2 Å². The highest BCUT2D eigenvalue weighted by Gasteiger charge is 2.26. The lowest BCUT2D eigenvalue weighted by atomic mass is 10.2. The van der Waals surface area contributed by atoms with Crippen molar-refractivity contribution in [3.8, 4) is 11.6 Å². The van der Waals surface area contributed by atoms with Crippen LogP contribution in [0.1, 0.15) is 94.5 Å². The number of nitrogens with zero attached hydrogens (tertiary/aromatic N) is 8. The van der Waals surface area contributed by atoms with Crippen molar-refractivity contribution in [2.45, 2.75) is 119 Å². The maximum atomic E-state index is 12.7. The van der Waals surface area contributed by atoms with Crippen LogP contribution in [0.4, 0.5) is 0 Å². The molecule has 0 saturated carbocycles. The summed E-state index contributed by atoms with van der Waals surface area (Å²) in [5.74, 6) is -1.14. The van der Waals surface area contributed by atoms with Gasteiger partial charge in [-0.3, -0.25) is 34.0 Å². The van der Waals surface area contributed by atoms with Crippen molar-refractivity contribution in [1.82, 2.24) is 39.3 Å². The van der Waals surface area contributed by atoms with Gasteiger partial charge in [0.05, 0.1) is 50.0 Å². The maximum absolute atomic E-state index is 12.7. The van der Waals surface area contributed by atoms with E-state index in [4.69, 9.17) is 18.9 Å². The zero-order valence-electron chi connectivity index (χ0n) is 32.6. The molecular weight excluding hydrogens is 672 g/mol. The van der Waals surface area contributed by atoms with E-state index in [1.165, 1.54) is 21.8 Å². The Balaban J connectivity index is 1.77. The summed E-state index contributed by atoms with van der Waals surface area (Å²) in [4.78, 5) is 62.9. The highest BCUT2D eigenvalue weighted by atomic mass is 16.6. The van der Waals surface area contributed by atoms with Crippen LogP contribution in [0.3, 0.4) is 0 Å². The number of carbonyl (C=O) groups is 4. The molecule has 0 amide bonds. The topological polar surface area (TPSA) is 173 Å². The number of ether oxygens (including phenoxy) is 4. The van der Waals surface area contributed by atoms with Crippen molar-refractivity contribution in [2.24, 2.45) is 0 Å². The van der Waals surface area contributed by atoms with Crippen LogP contribution < -0.4 is 0 Å². The summed E-state index contributed by atoms with van der Waals surface area (Å²) in [5.41, 5.74) is -1.61. The molecule has 0 saturated heterocycles. The quantitative estimate of drug-likeness (QED) is 0.173. The predicted octanol–water partition coefficient (Wildman–Crippen LogP) is 3.82. The van der Waals surface area contributed by atoms with Crippen LogP contribution >= 0.6 is 0 Å². The Morgan fingerprint density at radius 1 is 0.538 bits per heavy atom. The fourth-order valence-corrected chi connectivity index (χ4v) is 4.73. The van der Waals surface area contributed by atoms with Crippen LogP contribution in [0.5, 0.6) is 0 Å². The van der Waals surface area contributed by atoms with Crippen LogP contribution in [0, 0.1) is 0 Å². The molecular formula is C36H54N8O8. The molecule has 0 bridgehead atoms. The molecule has 0 radical (unpaired) electrons. The van der Waals surface area contributed by atoms with Gasteiger partial charge in [0, 0.05) is 25.5 Å². The standard InChI is InChI=1S/C36H54N8O8/c1-33(2,3)49-29(45)21-41(22-30(46)50-34(4,5)6)19-25-13-15-43(39-25)27-17-37-18-28(38-27)44-16-14-26(40-44)20-42(23-31(47)51-35(7,8)9)24-32(48)52-36(10,11)12/h13-18H,19-24H2,1-12H3. The van der Waals surface area contributed by atoms with Gasteiger partial charge in [0.15, 0.2) is 11.6 Å². The Hall–Kier alpha value is -4.70. The molecule has 3 heterocycles. The third-order valence-corrected chi connectivity index (χ3v) is 6.23. The molecule has 0 unspecified atom stereocenters. The molecule has 0 N–H and O–H groups in total. The SMILES string of the molecule is CC(C)(C)OC(=O)CN(CC(=O)OC(C)(C)C)Cc1ccn(-c2cncc(-n3ccc(CN(CC(=O)OC(C)(C)C)CC(=O)OC(C)(C)C)n3)n2)n1. The minimum absolute atomic E-state index is 0.146. The van der Waals surface area contributed by atoms with Crippen LogP contribution in [0.15, 0.2) is 36.9 Å². The number of hydrogen-bond donors (Lipinski definition) is 0. The number of aromatic nitrogens is 6. The first-order chi connectivity index (χ1) is 23.8. The van der Waals surface area contributed by atoms with Crippen molar-refractivity contribution in [2.75, 3.05) is 26.2 Å². The molecule has 0 aliphatic heterocycles. The van der Waals surface area contributed by atoms with Crippen molar-refractivity contribution in [1.29, 1.82) is 0 Å². The Labute approximate surface area is 305 Å². The van der Waals surface area contributed by atoms with Crippen LogP contribution in [0.2, 0.25) is 0 Å². The summed E-state index contributed by atoms with van der Waals surface area (Å²) >= 11 is 0. The van der Waals surface area contributed by atoms with Crippen LogP contribution in [0.25, 0.3) is 11.6 Å². The summed E-state index contributed by atoms with van der Waals surface area (Å²) in [6.45, 7) is 21.0. The highest BCUT2D eigenvalue weighted by molar-refractivity contribution is 5.76. The average Bonchev–Trinajstić information content (AvgIpc) is 3.58. The first-order valence-electron chi connectivity index (χ1n) is 17.1. The molecule has 0 fully saturated rings. The minimum atomic E-state index is -0.686. The molecule has 3 aromatic heterocycles. The molecule has 0 spiro atoms. The fraction of sp³-hybridized carbons (Fsp3) is 0.611. The molecule has 52 heavy (non-hydrogen) atoms. The van der Waals surface area contributed by atoms with E-state index in [0.717, 1.165) is 0 Å². The van der Waals surface area contributed by atoms with E-state index >= 15 is 0 Å². The zero-order chi connectivity index (χ0) is 39.1. The Bertz CT molecular complexity index is 1510. The summed E-state index contributed by atoms with van der Waals surface area (Å²) in [6.07, 6.45) is 6.46. The Kier molecular flexibility index (Phi) is 13.4. The van der Waals surface area contributed by atoms with Gasteiger partial charge in [-0.2, -0.15) is 10.2 Å². The monoisotopic (exact) mass is 726 g/mol. The lowest BCUT2D eigenvalue weighted by Crippen LogP contribution is -2.39. The predicted molar refractivity (Wildman–Crippen MR) is 190 cm³/mol. The molecule has 3 rings (SSSR count). The molecule has 286 valence electrons. The van der Waals surface area contributed by atoms with E-state index in [1.54, 1.807) is 117 Å². The van der Waals surface area contributed by atoms with Gasteiger partial charge in [-0.25, -0.2) is 14.3 Å². The largest absolute Gasteiger partial charge is 0.459 e. The third-order valence-electron chi connectivity index (χ3n) is 6.23. The number of rotatable bonds is 14. The van der Waals surface area contributed by atoms with E-state index < -0.39 is 46.3 Å². The third kappa shape index (κ3) is 15.7. The molecule has 3 aromatic rings. The van der Waals surface area contributed by atoms with Gasteiger partial charge in [-0.15, -0.1) is 0 Å². The van der Waals surface area contributed by atoms with E-state index in [-0.39, 0.29) is 39.3 Å². The molecule has 16 heteroatoms. The zero-order valence-corrected chi connectivity index (χ0v) is 32.6. The van der Waals surface area contributed by atoms with Gasteiger partial charge in [-0.05, 0) is 95.2 Å². The van der Waals surface area contributed by atoms with E-state index in [1.807, 2.05) is 0 Å². The van der Waals surface area contributed by atoms with Gasteiger partial charge in [0.1, 0.15) is 22.4 Å². The number of hydrogen-bond acceptors (Lipinski definition) is 14. The van der Waals surface area contributed by atoms with E-state index in [9.17, 15) is 19.2 Å². The number of carbonyl (C=O) groups excluding carboxylic acids is 4. The lowest BCUT2D eigenvalue weighted by molar-refractivity contribution is -0.162. The van der Waals surface area contributed by atoms with Crippen molar-refractivity contribution < 1.29 is 38.1 Å². The van der Waals surface area contributed by atoms with E-state index in [0.29, 0.717) is 23.0 Å². The summed E-state index contributed by atoms with van der Waals surface area (Å²) < 4.78 is 25.0. The molecule has 0 atom stereocenters. The Morgan fingerprint density at radius 2 is 0.827 bits per heavy atom. The van der Waals surface area contributed by atoms with Gasteiger partial charge < -0.3 is 18.9 Å². The second-order valence-corrected chi connectivity index (χ2v) is 16.4. The normalized spacial score (nSPS) is 12.6. The number of esters is 4. The first kappa shape index (κ1) is 41.7. The second kappa shape index (κ2) is 16.8. The van der Waals surface area contributed by atoms with Crippen molar-refractivity contribution in [3.63, 3.8) is 0 Å². The smallest absolute Gasteiger partial charge is 0.320 e. The molecule has 0 aliphatic carbocycles. The average molecular weight is 727 g/mol. The highest BCUT2D eigenvalue weighted by Crippen LogP contribution is 2.15. The maximum Gasteiger partial charge on any atom is 0.320 e. The summed E-state index contributed by atoms with van der Waals surface area (Å²) in [6, 6.07) is 3.50. The minimum Gasteiger partial charge on any atom is -0.459 e. The molecule has 0 aromatic carbocycles. The second-order valence-electron chi connectivity index (χ2n) is 16.4. The summed E-state index contributed by atoms with van der Waals surface area (Å²) in [5, 5.41) is 9.23. The summed E-state index contributed by atoms with van der Waals surface area (Å²) in [7, 11) is 0. The lowest BCUT2D eigenvalue weighted by Gasteiger charge is -2.26. The molecule has 16 nitrogen and oxygen atoms in total. The van der Waals surface area contributed by atoms with Crippen LogP contribution in [-0.4, -0.2) is 112 Å². The van der Waals surface area contributed by atoms with Crippen molar-refractivity contribution in [3.05, 3.63) is 48.3 Å². The molecule has 0 aliphatic rings. The van der Waals surface area contributed by atoms with Gasteiger partial charge >= 0.3 is 23.9 Å².